The summed E-state index contributed by atoms with van der Waals surface area (Å²) in [7, 11) is -2.24. The monoisotopic (exact) mass is 440 g/mol. The third-order valence-electron chi connectivity index (χ3n) is 4.39. The summed E-state index contributed by atoms with van der Waals surface area (Å²) < 4.78 is 38.2. The average Bonchev–Trinajstić information content (AvgIpc) is 2.78. The zero-order chi connectivity index (χ0) is 22.3. The molecule has 3 rings (SSSR count). The summed E-state index contributed by atoms with van der Waals surface area (Å²) in [5, 5.41) is 2.86. The van der Waals surface area contributed by atoms with Crippen LogP contribution in [0.25, 0.3) is 0 Å². The maximum absolute atomic E-state index is 12.5. The van der Waals surface area contributed by atoms with E-state index < -0.39 is 10.0 Å². The van der Waals surface area contributed by atoms with Crippen molar-refractivity contribution in [1.82, 2.24) is 5.32 Å². The molecule has 0 aliphatic carbocycles. The number of sulfonamides is 1. The van der Waals surface area contributed by atoms with Crippen LogP contribution in [0.2, 0.25) is 0 Å². The molecule has 0 saturated heterocycles. The number of para-hydroxylation sites is 1. The Morgan fingerprint density at radius 3 is 2.16 bits per heavy atom. The second-order valence-corrected chi connectivity index (χ2v) is 8.54. The maximum atomic E-state index is 12.5. The summed E-state index contributed by atoms with van der Waals surface area (Å²) in [6.07, 6.45) is 0. The number of hydrogen-bond donors (Lipinski definition) is 2. The number of methoxy groups -OCH3 is 1. The van der Waals surface area contributed by atoms with Gasteiger partial charge in [0.15, 0.2) is 0 Å². The van der Waals surface area contributed by atoms with E-state index in [1.807, 2.05) is 37.3 Å². The van der Waals surface area contributed by atoms with Crippen LogP contribution in [0.1, 0.15) is 17.3 Å². The molecule has 0 radical (unpaired) electrons. The second kappa shape index (κ2) is 9.99. The fourth-order valence-electron chi connectivity index (χ4n) is 2.75. The van der Waals surface area contributed by atoms with Gasteiger partial charge in [0.05, 0.1) is 18.0 Å². The first-order chi connectivity index (χ1) is 14.9. The number of ether oxygens (including phenoxy) is 2. The van der Waals surface area contributed by atoms with Gasteiger partial charge in [-0.25, -0.2) is 8.42 Å². The van der Waals surface area contributed by atoms with Crippen molar-refractivity contribution in [3.05, 3.63) is 84.4 Å². The normalized spacial score (nSPS) is 11.9. The van der Waals surface area contributed by atoms with Crippen molar-refractivity contribution in [2.24, 2.45) is 0 Å². The van der Waals surface area contributed by atoms with Crippen LogP contribution < -0.4 is 19.5 Å². The quantitative estimate of drug-likeness (QED) is 0.529. The molecule has 0 aromatic heterocycles. The van der Waals surface area contributed by atoms with Crippen LogP contribution in [-0.2, 0) is 10.0 Å². The minimum absolute atomic E-state index is 0.113. The minimum atomic E-state index is -3.75. The molecule has 0 spiro atoms. The molecule has 3 aromatic rings. The van der Waals surface area contributed by atoms with Crippen LogP contribution in [-0.4, -0.2) is 34.1 Å². The Labute approximate surface area is 182 Å². The van der Waals surface area contributed by atoms with Gasteiger partial charge in [-0.15, -0.1) is 0 Å². The molecule has 2 N–H and O–H groups in total. The van der Waals surface area contributed by atoms with Crippen molar-refractivity contribution < 1.29 is 22.7 Å². The molecule has 7 nitrogen and oxygen atoms in total. The number of nitrogens with one attached hydrogen (secondary N) is 2. The van der Waals surface area contributed by atoms with E-state index in [0.717, 1.165) is 5.75 Å². The van der Waals surface area contributed by atoms with Gasteiger partial charge >= 0.3 is 0 Å². The van der Waals surface area contributed by atoms with E-state index in [-0.39, 0.29) is 16.8 Å². The summed E-state index contributed by atoms with van der Waals surface area (Å²) in [6, 6.07) is 21.4. The predicted octanol–water partition coefficient (Wildman–Crippen LogP) is 3.69. The molecular formula is C23H24N2O5S. The molecule has 1 amide bonds. The summed E-state index contributed by atoms with van der Waals surface area (Å²) in [4.78, 5) is 12.5. The van der Waals surface area contributed by atoms with Crippen LogP contribution >= 0.6 is 0 Å². The molecule has 0 saturated carbocycles. The summed E-state index contributed by atoms with van der Waals surface area (Å²) in [5.74, 6) is 1.03. The molecular weight excluding hydrogens is 416 g/mol. The Morgan fingerprint density at radius 1 is 0.903 bits per heavy atom. The van der Waals surface area contributed by atoms with Gasteiger partial charge in [-0.3, -0.25) is 9.52 Å². The maximum Gasteiger partial charge on any atom is 0.261 e. The highest BCUT2D eigenvalue weighted by atomic mass is 32.2. The zero-order valence-electron chi connectivity index (χ0n) is 17.2. The summed E-state index contributed by atoms with van der Waals surface area (Å²) in [6.45, 7) is 2.17. The van der Waals surface area contributed by atoms with E-state index in [1.165, 1.54) is 19.2 Å². The molecule has 1 atom stereocenters. The van der Waals surface area contributed by atoms with E-state index in [4.69, 9.17) is 9.47 Å². The van der Waals surface area contributed by atoms with Gasteiger partial charge in [-0.2, -0.15) is 0 Å². The van der Waals surface area contributed by atoms with Crippen LogP contribution in [0.3, 0.4) is 0 Å². The standard InChI is InChI=1S/C23H24N2O5S/c1-17(16-30-21-6-4-3-5-7-21)24-23(26)18-8-10-19(11-9-18)25-31(27,28)22-14-12-20(29-2)13-15-22/h3-15,17,25H,16H2,1-2H3,(H,24,26)/t17-/m0/s1. The lowest BCUT2D eigenvalue weighted by Gasteiger charge is -2.15. The highest BCUT2D eigenvalue weighted by Crippen LogP contribution is 2.19. The molecule has 3 aromatic carbocycles. The fraction of sp³-hybridized carbons (Fsp3) is 0.174. The van der Waals surface area contributed by atoms with Crippen molar-refractivity contribution in [2.45, 2.75) is 17.9 Å². The van der Waals surface area contributed by atoms with E-state index in [2.05, 4.69) is 10.0 Å². The molecule has 31 heavy (non-hydrogen) atoms. The van der Waals surface area contributed by atoms with Gasteiger partial charge in [0.1, 0.15) is 18.1 Å². The largest absolute Gasteiger partial charge is 0.497 e. The van der Waals surface area contributed by atoms with Crippen LogP contribution in [0, 0.1) is 0 Å². The van der Waals surface area contributed by atoms with Crippen molar-refractivity contribution in [3.8, 4) is 11.5 Å². The van der Waals surface area contributed by atoms with Gasteiger partial charge in [-0.1, -0.05) is 18.2 Å². The first-order valence-electron chi connectivity index (χ1n) is 9.63. The first kappa shape index (κ1) is 22.2. The Morgan fingerprint density at radius 2 is 1.55 bits per heavy atom. The summed E-state index contributed by atoms with van der Waals surface area (Å²) >= 11 is 0. The van der Waals surface area contributed by atoms with E-state index in [0.29, 0.717) is 23.6 Å². The van der Waals surface area contributed by atoms with Crippen molar-refractivity contribution >= 4 is 21.6 Å². The number of hydrogen-bond acceptors (Lipinski definition) is 5. The highest BCUT2D eigenvalue weighted by Gasteiger charge is 2.15. The molecule has 0 aliphatic rings. The smallest absolute Gasteiger partial charge is 0.261 e. The second-order valence-electron chi connectivity index (χ2n) is 6.86. The molecule has 0 aliphatic heterocycles. The Balaban J connectivity index is 1.56. The Kier molecular flexibility index (Phi) is 7.15. The number of anilines is 1. The molecule has 8 heteroatoms. The zero-order valence-corrected chi connectivity index (χ0v) is 18.1. The Bertz CT molecular complexity index is 1100. The van der Waals surface area contributed by atoms with Crippen molar-refractivity contribution in [2.75, 3.05) is 18.4 Å². The first-order valence-corrected chi connectivity index (χ1v) is 11.1. The number of benzene rings is 3. The third kappa shape index (κ3) is 6.23. The van der Waals surface area contributed by atoms with Gasteiger partial charge in [0.25, 0.3) is 15.9 Å². The molecule has 0 unspecified atom stereocenters. The number of carbonyl (C=O) groups is 1. The molecule has 0 fully saturated rings. The van der Waals surface area contributed by atoms with E-state index >= 15 is 0 Å². The number of rotatable bonds is 9. The van der Waals surface area contributed by atoms with Gasteiger partial charge in [0, 0.05) is 11.3 Å². The fourth-order valence-corrected chi connectivity index (χ4v) is 3.80. The lowest BCUT2D eigenvalue weighted by Crippen LogP contribution is -2.36. The lowest BCUT2D eigenvalue weighted by molar-refractivity contribution is 0.0926. The number of amides is 1. The van der Waals surface area contributed by atoms with E-state index in [9.17, 15) is 13.2 Å². The number of carbonyl (C=O) groups excluding carboxylic acids is 1. The van der Waals surface area contributed by atoms with Gasteiger partial charge < -0.3 is 14.8 Å². The topological polar surface area (TPSA) is 93.7 Å². The van der Waals surface area contributed by atoms with Crippen molar-refractivity contribution in [1.29, 1.82) is 0 Å². The van der Waals surface area contributed by atoms with Gasteiger partial charge in [0.2, 0.25) is 0 Å². The van der Waals surface area contributed by atoms with Crippen molar-refractivity contribution in [3.63, 3.8) is 0 Å². The third-order valence-corrected chi connectivity index (χ3v) is 5.79. The van der Waals surface area contributed by atoms with Crippen LogP contribution in [0.5, 0.6) is 11.5 Å². The highest BCUT2D eigenvalue weighted by molar-refractivity contribution is 7.92. The average molecular weight is 441 g/mol. The Hall–Kier alpha value is -3.52. The predicted molar refractivity (Wildman–Crippen MR) is 119 cm³/mol. The van der Waals surface area contributed by atoms with E-state index in [1.54, 1.807) is 36.4 Å². The minimum Gasteiger partial charge on any atom is -0.497 e. The molecule has 0 heterocycles. The van der Waals surface area contributed by atoms with Crippen LogP contribution in [0.15, 0.2) is 83.8 Å². The van der Waals surface area contributed by atoms with Crippen LogP contribution in [0.4, 0.5) is 5.69 Å². The molecule has 0 bridgehead atoms. The SMILES string of the molecule is COc1ccc(S(=O)(=O)Nc2ccc(C(=O)N[C@@H](C)COc3ccccc3)cc2)cc1. The summed E-state index contributed by atoms with van der Waals surface area (Å²) in [5.41, 5.74) is 0.770. The lowest BCUT2D eigenvalue weighted by atomic mass is 10.2. The molecule has 162 valence electrons. The van der Waals surface area contributed by atoms with Gasteiger partial charge in [-0.05, 0) is 67.6 Å².